The lowest BCUT2D eigenvalue weighted by molar-refractivity contribution is 0.0989. The van der Waals surface area contributed by atoms with Crippen LogP contribution in [0, 0.1) is 11.6 Å². The van der Waals surface area contributed by atoms with Gasteiger partial charge in [0.05, 0.1) is 0 Å². The SMILES string of the molecule is O=C(Nc1c(F)cccc1F)c1nnc(-c2ccc(Cl)cc2)o1. The molecule has 0 atom stereocenters. The van der Waals surface area contributed by atoms with E-state index in [-0.39, 0.29) is 5.89 Å². The van der Waals surface area contributed by atoms with E-state index < -0.39 is 29.1 Å². The number of rotatable bonds is 3. The Labute approximate surface area is 133 Å². The highest BCUT2D eigenvalue weighted by atomic mass is 35.5. The van der Waals surface area contributed by atoms with Gasteiger partial charge in [-0.15, -0.1) is 10.2 Å². The van der Waals surface area contributed by atoms with Gasteiger partial charge in [-0.05, 0) is 36.4 Å². The fourth-order valence-corrected chi connectivity index (χ4v) is 1.93. The van der Waals surface area contributed by atoms with E-state index in [9.17, 15) is 13.6 Å². The Kier molecular flexibility index (Phi) is 4.03. The molecule has 0 aliphatic carbocycles. The number of para-hydroxylation sites is 1. The first kappa shape index (κ1) is 15.1. The molecule has 0 fully saturated rings. The molecule has 0 radical (unpaired) electrons. The van der Waals surface area contributed by atoms with Crippen molar-refractivity contribution >= 4 is 23.2 Å². The van der Waals surface area contributed by atoms with Crippen molar-refractivity contribution in [3.63, 3.8) is 0 Å². The van der Waals surface area contributed by atoms with Crippen molar-refractivity contribution in [1.82, 2.24) is 10.2 Å². The van der Waals surface area contributed by atoms with Gasteiger partial charge in [-0.25, -0.2) is 8.78 Å². The van der Waals surface area contributed by atoms with E-state index in [0.717, 1.165) is 12.1 Å². The molecule has 23 heavy (non-hydrogen) atoms. The van der Waals surface area contributed by atoms with Crippen molar-refractivity contribution < 1.29 is 18.0 Å². The van der Waals surface area contributed by atoms with E-state index in [4.69, 9.17) is 16.0 Å². The molecule has 116 valence electrons. The van der Waals surface area contributed by atoms with Gasteiger partial charge in [0.25, 0.3) is 0 Å². The molecule has 1 N–H and O–H groups in total. The van der Waals surface area contributed by atoms with Crippen LogP contribution in [0.5, 0.6) is 0 Å². The molecular weight excluding hydrogens is 328 g/mol. The maximum Gasteiger partial charge on any atom is 0.313 e. The molecule has 3 aromatic rings. The molecule has 0 spiro atoms. The fourth-order valence-electron chi connectivity index (χ4n) is 1.81. The predicted molar refractivity (Wildman–Crippen MR) is 79.1 cm³/mol. The Hall–Kier alpha value is -2.80. The van der Waals surface area contributed by atoms with Crippen molar-refractivity contribution in [1.29, 1.82) is 0 Å². The molecule has 0 bridgehead atoms. The van der Waals surface area contributed by atoms with Crippen LogP contribution in [-0.2, 0) is 0 Å². The lowest BCUT2D eigenvalue weighted by Crippen LogP contribution is -2.14. The third-order valence-electron chi connectivity index (χ3n) is 2.91. The zero-order valence-electron chi connectivity index (χ0n) is 11.4. The Morgan fingerprint density at radius 2 is 1.70 bits per heavy atom. The van der Waals surface area contributed by atoms with E-state index in [1.807, 2.05) is 0 Å². The second-order valence-electron chi connectivity index (χ2n) is 4.47. The smallest absolute Gasteiger partial charge is 0.313 e. The van der Waals surface area contributed by atoms with Gasteiger partial charge in [0.2, 0.25) is 5.89 Å². The van der Waals surface area contributed by atoms with E-state index in [1.165, 1.54) is 6.07 Å². The van der Waals surface area contributed by atoms with Crippen molar-refractivity contribution in [2.45, 2.75) is 0 Å². The highest BCUT2D eigenvalue weighted by molar-refractivity contribution is 6.30. The average Bonchev–Trinajstić information content (AvgIpc) is 3.02. The summed E-state index contributed by atoms with van der Waals surface area (Å²) in [5.41, 5.74) is -0.0261. The third kappa shape index (κ3) is 3.19. The van der Waals surface area contributed by atoms with E-state index in [0.29, 0.717) is 10.6 Å². The highest BCUT2D eigenvalue weighted by Gasteiger charge is 2.19. The summed E-state index contributed by atoms with van der Waals surface area (Å²) < 4.78 is 32.2. The van der Waals surface area contributed by atoms with Gasteiger partial charge >= 0.3 is 11.8 Å². The number of anilines is 1. The van der Waals surface area contributed by atoms with Crippen LogP contribution < -0.4 is 5.32 Å². The van der Waals surface area contributed by atoms with Crippen LogP contribution in [0.25, 0.3) is 11.5 Å². The Balaban J connectivity index is 1.83. The third-order valence-corrected chi connectivity index (χ3v) is 3.16. The minimum atomic E-state index is -0.915. The second kappa shape index (κ2) is 6.13. The number of nitrogens with zero attached hydrogens (tertiary/aromatic N) is 2. The van der Waals surface area contributed by atoms with Crippen molar-refractivity contribution in [2.24, 2.45) is 0 Å². The molecule has 5 nitrogen and oxygen atoms in total. The lowest BCUT2D eigenvalue weighted by atomic mass is 10.2. The van der Waals surface area contributed by atoms with E-state index in [2.05, 4.69) is 15.5 Å². The monoisotopic (exact) mass is 335 g/mol. The number of hydrogen-bond acceptors (Lipinski definition) is 4. The number of amides is 1. The van der Waals surface area contributed by atoms with Crippen LogP contribution in [0.1, 0.15) is 10.7 Å². The molecule has 1 heterocycles. The van der Waals surface area contributed by atoms with Crippen LogP contribution in [0.15, 0.2) is 46.9 Å². The molecule has 0 aliphatic heterocycles. The van der Waals surface area contributed by atoms with Gasteiger partial charge in [-0.1, -0.05) is 17.7 Å². The quantitative estimate of drug-likeness (QED) is 0.787. The second-order valence-corrected chi connectivity index (χ2v) is 4.91. The van der Waals surface area contributed by atoms with Crippen molar-refractivity contribution in [3.8, 4) is 11.5 Å². The summed E-state index contributed by atoms with van der Waals surface area (Å²) in [6.45, 7) is 0. The fraction of sp³-hybridized carbons (Fsp3) is 0. The molecule has 2 aromatic carbocycles. The van der Waals surface area contributed by atoms with Crippen LogP contribution in [-0.4, -0.2) is 16.1 Å². The molecule has 1 amide bonds. The first-order valence-electron chi connectivity index (χ1n) is 6.39. The number of hydrogen-bond donors (Lipinski definition) is 1. The molecule has 0 unspecified atom stereocenters. The first-order valence-corrected chi connectivity index (χ1v) is 6.77. The van der Waals surface area contributed by atoms with E-state index in [1.54, 1.807) is 24.3 Å². The standard InChI is InChI=1S/C15H8ClF2N3O2/c16-9-6-4-8(5-7-9)14-20-21-15(23-14)13(22)19-12-10(17)2-1-3-11(12)18/h1-7H,(H,19,22). The molecule has 3 rings (SSSR count). The zero-order valence-corrected chi connectivity index (χ0v) is 12.1. The molecule has 8 heteroatoms. The molecule has 0 aliphatic rings. The largest absolute Gasteiger partial charge is 0.412 e. The van der Waals surface area contributed by atoms with Gasteiger partial charge in [-0.2, -0.15) is 0 Å². The molecular formula is C15H8ClF2N3O2. The topological polar surface area (TPSA) is 68.0 Å². The number of nitrogens with one attached hydrogen (secondary N) is 1. The summed E-state index contributed by atoms with van der Waals surface area (Å²) in [4.78, 5) is 12.0. The Morgan fingerprint density at radius 3 is 2.35 bits per heavy atom. The van der Waals surface area contributed by atoms with Crippen molar-refractivity contribution in [3.05, 3.63) is 65.0 Å². The number of carbonyl (C=O) groups excluding carboxylic acids is 1. The molecule has 1 aromatic heterocycles. The zero-order chi connectivity index (χ0) is 16.4. The van der Waals surface area contributed by atoms with Crippen LogP contribution in [0.2, 0.25) is 5.02 Å². The van der Waals surface area contributed by atoms with Crippen LogP contribution >= 0.6 is 11.6 Å². The summed E-state index contributed by atoms with van der Waals surface area (Å²) in [7, 11) is 0. The minimum Gasteiger partial charge on any atom is -0.412 e. The maximum absolute atomic E-state index is 13.5. The van der Waals surface area contributed by atoms with Gasteiger partial charge in [0, 0.05) is 10.6 Å². The highest BCUT2D eigenvalue weighted by Crippen LogP contribution is 2.22. The van der Waals surface area contributed by atoms with Gasteiger partial charge in [-0.3, -0.25) is 4.79 Å². The van der Waals surface area contributed by atoms with Gasteiger partial charge in [0.1, 0.15) is 17.3 Å². The van der Waals surface area contributed by atoms with Gasteiger partial charge in [0.15, 0.2) is 0 Å². The summed E-state index contributed by atoms with van der Waals surface area (Å²) in [6, 6.07) is 9.73. The summed E-state index contributed by atoms with van der Waals surface area (Å²) in [6.07, 6.45) is 0. The van der Waals surface area contributed by atoms with Gasteiger partial charge < -0.3 is 9.73 Å². The summed E-state index contributed by atoms with van der Waals surface area (Å²) in [5, 5.41) is 9.87. The average molecular weight is 336 g/mol. The lowest BCUT2D eigenvalue weighted by Gasteiger charge is -2.04. The summed E-state index contributed by atoms with van der Waals surface area (Å²) in [5.74, 6) is -3.06. The number of aromatic nitrogens is 2. The van der Waals surface area contributed by atoms with Crippen LogP contribution in [0.3, 0.4) is 0 Å². The molecule has 0 saturated carbocycles. The normalized spacial score (nSPS) is 10.6. The number of benzene rings is 2. The summed E-state index contributed by atoms with van der Waals surface area (Å²) >= 11 is 5.77. The Morgan fingerprint density at radius 1 is 1.04 bits per heavy atom. The minimum absolute atomic E-state index is 0.0841. The number of halogens is 3. The molecule has 0 saturated heterocycles. The predicted octanol–water partition coefficient (Wildman–Crippen LogP) is 3.92. The Bertz CT molecular complexity index is 845. The maximum atomic E-state index is 13.5. The first-order chi connectivity index (χ1) is 11.0. The van der Waals surface area contributed by atoms with E-state index >= 15 is 0 Å². The van der Waals surface area contributed by atoms with Crippen molar-refractivity contribution in [2.75, 3.05) is 5.32 Å². The number of carbonyl (C=O) groups is 1. The van der Waals surface area contributed by atoms with Crippen LogP contribution in [0.4, 0.5) is 14.5 Å².